The maximum atomic E-state index is 9.63. The van der Waals surface area contributed by atoms with Crippen molar-refractivity contribution in [1.82, 2.24) is 19.5 Å². The number of aromatic nitrogens is 4. The van der Waals surface area contributed by atoms with Crippen LogP contribution in [0.3, 0.4) is 0 Å². The molecule has 11 rings (SSSR count). The predicted molar refractivity (Wildman–Crippen MR) is 205 cm³/mol. The molecule has 238 valence electrons. The molecule has 0 aliphatic rings. The van der Waals surface area contributed by atoms with Crippen LogP contribution >= 0.6 is 0 Å². The van der Waals surface area contributed by atoms with Gasteiger partial charge < -0.3 is 8.83 Å². The second kappa shape index (κ2) is 10.7. The summed E-state index contributed by atoms with van der Waals surface area (Å²) in [6.07, 6.45) is 0. The summed E-state index contributed by atoms with van der Waals surface area (Å²) in [5.41, 5.74) is -3.70. The lowest BCUT2D eigenvalue weighted by molar-refractivity contribution is 0.669. The lowest BCUT2D eigenvalue weighted by atomic mass is 9.99. The first-order valence-corrected chi connectivity index (χ1v) is 15.2. The van der Waals surface area contributed by atoms with Gasteiger partial charge >= 0.3 is 0 Å². The van der Waals surface area contributed by atoms with Crippen LogP contribution in [0.5, 0.6) is 0 Å². The molecule has 0 bridgehead atoms. The quantitative estimate of drug-likeness (QED) is 0.186. The van der Waals surface area contributed by atoms with Crippen molar-refractivity contribution < 1.29 is 37.6 Å². The maximum Gasteiger partial charge on any atom is 0.238 e. The van der Waals surface area contributed by atoms with E-state index in [0.717, 1.165) is 4.57 Å². The standard InChI is InChI=1S/C45H26N4O2/c1-3-12-27(13-4-1)30-18-11-21-38-40(30)35-23-22-29(26-39(35)50-38)44-46-43(28-14-5-2-6-15-28)47-45(48-44)49-36-19-9-7-16-31(36)33-24-25-34-32-17-8-10-20-37(32)51-42(34)41(33)49/h1-26H/i1D,3D,4D,7D,8D,9D,10D,11D,12D,13D,16D,17D,18D,19D,20D,21D,22D,23D,24D,25D,26D. The molecule has 0 aliphatic heterocycles. The average Bonchev–Trinajstić information content (AvgIpc) is 4.08. The zero-order valence-electron chi connectivity index (χ0n) is 46.5. The van der Waals surface area contributed by atoms with E-state index in [0.29, 0.717) is 5.56 Å². The minimum absolute atomic E-state index is 0.181. The van der Waals surface area contributed by atoms with Gasteiger partial charge in [-0.1, -0.05) is 121 Å². The van der Waals surface area contributed by atoms with Crippen LogP contribution in [0, 0.1) is 0 Å². The van der Waals surface area contributed by atoms with Crippen molar-refractivity contribution in [3.63, 3.8) is 0 Å². The van der Waals surface area contributed by atoms with Crippen LogP contribution in [0.25, 0.3) is 106 Å². The van der Waals surface area contributed by atoms with E-state index in [1.807, 2.05) is 0 Å². The highest BCUT2D eigenvalue weighted by Crippen LogP contribution is 2.41. The molecule has 0 unspecified atom stereocenters. The third-order valence-corrected chi connectivity index (χ3v) is 8.37. The van der Waals surface area contributed by atoms with E-state index in [-0.39, 0.29) is 54.8 Å². The molecule has 0 spiro atoms. The van der Waals surface area contributed by atoms with Crippen molar-refractivity contribution in [2.45, 2.75) is 0 Å². The molecule has 0 radical (unpaired) electrons. The Bertz CT molecular complexity index is 4330. The minimum atomic E-state index is -0.784. The fourth-order valence-electron chi connectivity index (χ4n) is 6.18. The maximum absolute atomic E-state index is 9.63. The van der Waals surface area contributed by atoms with Gasteiger partial charge in [0.15, 0.2) is 17.2 Å². The van der Waals surface area contributed by atoms with E-state index in [9.17, 15) is 8.22 Å². The van der Waals surface area contributed by atoms with Crippen molar-refractivity contribution in [2.24, 2.45) is 0 Å². The van der Waals surface area contributed by atoms with Crippen LogP contribution in [0.2, 0.25) is 0 Å². The first-order valence-electron chi connectivity index (χ1n) is 25.7. The van der Waals surface area contributed by atoms with Crippen LogP contribution in [0.4, 0.5) is 0 Å². The Balaban J connectivity index is 1.31. The Kier molecular flexibility index (Phi) is 3.03. The SMILES string of the molecule is [2H]c1c([2H])c([2H])c(-c2c([2H])c([2H])c([2H])c3oc4c([2H])c(-c5nc(-c6ccccc6)nc(-n6c7c([2H])c([2H])c([2H])c([2H])c7c7c([2H])c([2H])c8c(oc9c([2H])c([2H])c([2H])c([2H])c98)c76)n5)c([2H])c([2H])c4c23)c([2H])c1[2H]. The molecule has 0 aliphatic carbocycles. The van der Waals surface area contributed by atoms with Gasteiger partial charge in [-0.05, 0) is 47.4 Å². The highest BCUT2D eigenvalue weighted by Gasteiger charge is 2.22. The van der Waals surface area contributed by atoms with E-state index in [1.54, 1.807) is 30.3 Å². The summed E-state index contributed by atoms with van der Waals surface area (Å²) in [6, 6.07) is -6.84. The van der Waals surface area contributed by atoms with Gasteiger partial charge in [0.1, 0.15) is 22.3 Å². The topological polar surface area (TPSA) is 69.9 Å². The number of nitrogens with zero attached hydrogens (tertiary/aromatic N) is 4. The van der Waals surface area contributed by atoms with Gasteiger partial charge in [-0.25, -0.2) is 4.98 Å². The highest BCUT2D eigenvalue weighted by molar-refractivity contribution is 6.21. The summed E-state index contributed by atoms with van der Waals surface area (Å²) >= 11 is 0. The normalized spacial score (nSPS) is 17.7. The number of fused-ring (bicyclic) bond motifs is 10. The fraction of sp³-hybridized carbons (Fsp3) is 0. The molecule has 0 fully saturated rings. The number of para-hydroxylation sites is 2. The summed E-state index contributed by atoms with van der Waals surface area (Å²) in [5.74, 6) is -1.21. The second-order valence-electron chi connectivity index (χ2n) is 11.2. The van der Waals surface area contributed by atoms with Gasteiger partial charge in [0.05, 0.1) is 34.3 Å². The smallest absolute Gasteiger partial charge is 0.238 e. The molecule has 0 amide bonds. The van der Waals surface area contributed by atoms with E-state index in [4.69, 9.17) is 34.4 Å². The Morgan fingerprint density at radius 2 is 1.22 bits per heavy atom. The van der Waals surface area contributed by atoms with Gasteiger partial charge in [-0.2, -0.15) is 9.97 Å². The van der Waals surface area contributed by atoms with E-state index >= 15 is 0 Å². The van der Waals surface area contributed by atoms with Crippen LogP contribution < -0.4 is 0 Å². The second-order valence-corrected chi connectivity index (χ2v) is 11.2. The van der Waals surface area contributed by atoms with Crippen molar-refractivity contribution in [3.8, 4) is 39.9 Å². The molecule has 4 aromatic heterocycles. The summed E-state index contributed by atoms with van der Waals surface area (Å²) in [5, 5.41) is -1.87. The van der Waals surface area contributed by atoms with Crippen molar-refractivity contribution in [1.29, 1.82) is 0 Å². The zero-order valence-corrected chi connectivity index (χ0v) is 25.5. The lowest BCUT2D eigenvalue weighted by Gasteiger charge is -2.11. The Morgan fingerprint density at radius 1 is 0.490 bits per heavy atom. The van der Waals surface area contributed by atoms with E-state index < -0.39 is 172 Å². The van der Waals surface area contributed by atoms with Crippen LogP contribution in [-0.2, 0) is 0 Å². The summed E-state index contributed by atoms with van der Waals surface area (Å²) in [6.45, 7) is 0. The third kappa shape index (κ3) is 4.20. The predicted octanol–water partition coefficient (Wildman–Crippen LogP) is 11.8. The van der Waals surface area contributed by atoms with Crippen molar-refractivity contribution in [3.05, 3.63) is 157 Å². The number of hydrogen-bond donors (Lipinski definition) is 0. The fourth-order valence-corrected chi connectivity index (χ4v) is 6.18. The van der Waals surface area contributed by atoms with Gasteiger partial charge in [-0.15, -0.1) is 0 Å². The van der Waals surface area contributed by atoms with Crippen LogP contribution in [0.1, 0.15) is 28.8 Å². The molecular weight excluding hydrogens is 629 g/mol. The van der Waals surface area contributed by atoms with Gasteiger partial charge in [0.25, 0.3) is 0 Å². The number of rotatable bonds is 4. The molecule has 51 heavy (non-hydrogen) atoms. The highest BCUT2D eigenvalue weighted by atomic mass is 16.3. The molecule has 0 atom stereocenters. The van der Waals surface area contributed by atoms with E-state index in [2.05, 4.69) is 9.97 Å². The summed E-state index contributed by atoms with van der Waals surface area (Å²) < 4.78 is 199. The van der Waals surface area contributed by atoms with E-state index in [1.165, 1.54) is 0 Å². The Morgan fingerprint density at radius 3 is 2.10 bits per heavy atom. The third-order valence-electron chi connectivity index (χ3n) is 8.37. The molecule has 6 heteroatoms. The first kappa shape index (κ1) is 14.4. The molecule has 0 N–H and O–H groups in total. The van der Waals surface area contributed by atoms with Crippen molar-refractivity contribution in [2.75, 3.05) is 0 Å². The Hall–Kier alpha value is -7.05. The molecule has 0 saturated carbocycles. The van der Waals surface area contributed by atoms with Crippen molar-refractivity contribution >= 4 is 65.7 Å². The minimum Gasteiger partial charge on any atom is -0.456 e. The number of furan rings is 2. The summed E-state index contributed by atoms with van der Waals surface area (Å²) in [4.78, 5) is 14.1. The van der Waals surface area contributed by atoms with Gasteiger partial charge in [-0.3, -0.25) is 4.57 Å². The molecule has 4 heterocycles. The average molecular weight is 676 g/mol. The number of hydrogen-bond acceptors (Lipinski definition) is 5. The first-order chi connectivity index (χ1) is 34.0. The Labute approximate surface area is 320 Å². The molecule has 7 aromatic carbocycles. The van der Waals surface area contributed by atoms with Gasteiger partial charge in [0, 0.05) is 43.4 Å². The number of benzene rings is 7. The van der Waals surface area contributed by atoms with Crippen LogP contribution in [-0.4, -0.2) is 19.5 Å². The monoisotopic (exact) mass is 675 g/mol. The molecular formula is C45H26N4O2. The largest absolute Gasteiger partial charge is 0.456 e. The molecule has 0 saturated heterocycles. The molecule has 11 aromatic rings. The molecule has 6 nitrogen and oxygen atoms in total. The van der Waals surface area contributed by atoms with Gasteiger partial charge in [0.2, 0.25) is 5.95 Å². The lowest BCUT2D eigenvalue weighted by Crippen LogP contribution is -2.06. The zero-order chi connectivity index (χ0) is 51.7. The van der Waals surface area contributed by atoms with Crippen LogP contribution in [0.15, 0.2) is 166 Å². The summed E-state index contributed by atoms with van der Waals surface area (Å²) in [7, 11) is 0.